The molecule has 2 N–H and O–H groups in total. The molecular formula is C12H14ClFN2. The van der Waals surface area contributed by atoms with Gasteiger partial charge in [-0.3, -0.25) is 0 Å². The van der Waals surface area contributed by atoms with Crippen LogP contribution in [-0.2, 0) is 0 Å². The van der Waals surface area contributed by atoms with Crippen LogP contribution in [-0.4, -0.2) is 13.1 Å². The van der Waals surface area contributed by atoms with Crippen LogP contribution in [0.1, 0.15) is 0 Å². The van der Waals surface area contributed by atoms with Crippen LogP contribution in [0.4, 0.5) is 15.8 Å². The molecule has 0 saturated carbocycles. The first-order chi connectivity index (χ1) is 7.61. The molecule has 0 aliphatic heterocycles. The second kappa shape index (κ2) is 5.56. The molecule has 0 aromatic heterocycles. The van der Waals surface area contributed by atoms with E-state index >= 15 is 0 Å². The zero-order valence-corrected chi connectivity index (χ0v) is 9.67. The first-order valence-corrected chi connectivity index (χ1v) is 5.19. The third kappa shape index (κ3) is 2.55. The van der Waals surface area contributed by atoms with Gasteiger partial charge in [-0.2, -0.15) is 0 Å². The molecule has 0 aliphatic rings. The first-order valence-electron chi connectivity index (χ1n) is 4.82. The maximum atomic E-state index is 13.8. The van der Waals surface area contributed by atoms with Gasteiger partial charge < -0.3 is 10.6 Å². The maximum absolute atomic E-state index is 13.8. The minimum Gasteiger partial charge on any atom is -0.397 e. The zero-order chi connectivity index (χ0) is 12.1. The molecule has 1 aromatic carbocycles. The highest BCUT2D eigenvalue weighted by atomic mass is 35.5. The Hall–Kier alpha value is -1.48. The normalized spacial score (nSPS) is 9.88. The molecule has 2 nitrogen and oxygen atoms in total. The highest BCUT2D eigenvalue weighted by Crippen LogP contribution is 2.31. The highest BCUT2D eigenvalue weighted by Gasteiger charge is 2.15. The van der Waals surface area contributed by atoms with Crippen molar-refractivity contribution < 1.29 is 4.39 Å². The van der Waals surface area contributed by atoms with Crippen LogP contribution in [0.3, 0.4) is 0 Å². The van der Waals surface area contributed by atoms with Gasteiger partial charge in [0.2, 0.25) is 0 Å². The van der Waals surface area contributed by atoms with Crippen molar-refractivity contribution in [2.24, 2.45) is 0 Å². The topological polar surface area (TPSA) is 29.3 Å². The molecule has 0 fully saturated rings. The van der Waals surface area contributed by atoms with E-state index in [-0.39, 0.29) is 5.02 Å². The Morgan fingerprint density at radius 3 is 2.38 bits per heavy atom. The molecule has 0 amide bonds. The Morgan fingerprint density at radius 1 is 1.31 bits per heavy atom. The van der Waals surface area contributed by atoms with Crippen molar-refractivity contribution in [3.63, 3.8) is 0 Å². The summed E-state index contributed by atoms with van der Waals surface area (Å²) in [5.74, 6) is -0.509. The number of nitrogens with two attached hydrogens (primary N) is 1. The largest absolute Gasteiger partial charge is 0.397 e. The zero-order valence-electron chi connectivity index (χ0n) is 8.92. The van der Waals surface area contributed by atoms with E-state index in [9.17, 15) is 4.39 Å². The van der Waals surface area contributed by atoms with Crippen LogP contribution in [0.25, 0.3) is 0 Å². The third-order valence-corrected chi connectivity index (χ3v) is 2.41. The Kier molecular flexibility index (Phi) is 4.38. The number of nitrogen functional groups attached to an aromatic ring is 1. The fourth-order valence-electron chi connectivity index (χ4n) is 1.45. The molecule has 0 atom stereocenters. The summed E-state index contributed by atoms with van der Waals surface area (Å²) in [6, 6.07) is 3.02. The number of rotatable bonds is 5. The van der Waals surface area contributed by atoms with Crippen molar-refractivity contribution in [1.29, 1.82) is 0 Å². The van der Waals surface area contributed by atoms with E-state index in [0.29, 0.717) is 24.5 Å². The van der Waals surface area contributed by atoms with Crippen molar-refractivity contribution >= 4 is 23.0 Å². The molecule has 0 spiro atoms. The number of nitrogens with zero attached hydrogens (tertiary/aromatic N) is 1. The summed E-state index contributed by atoms with van der Waals surface area (Å²) in [4.78, 5) is 1.72. The quantitative estimate of drug-likeness (QED) is 0.632. The predicted octanol–water partition coefficient (Wildman–Crippen LogP) is 3.24. The second-order valence-electron chi connectivity index (χ2n) is 3.28. The van der Waals surface area contributed by atoms with Gasteiger partial charge in [-0.05, 0) is 12.1 Å². The summed E-state index contributed by atoms with van der Waals surface area (Å²) in [7, 11) is 0. The van der Waals surface area contributed by atoms with Crippen LogP contribution in [0.5, 0.6) is 0 Å². The van der Waals surface area contributed by atoms with E-state index in [0.717, 1.165) is 0 Å². The molecule has 0 bridgehead atoms. The molecule has 1 aromatic rings. The average Bonchev–Trinajstić information content (AvgIpc) is 2.25. The van der Waals surface area contributed by atoms with Crippen molar-refractivity contribution in [1.82, 2.24) is 0 Å². The first kappa shape index (κ1) is 12.6. The van der Waals surface area contributed by atoms with Crippen LogP contribution in [0.2, 0.25) is 5.02 Å². The van der Waals surface area contributed by atoms with Gasteiger partial charge in [0.15, 0.2) is 5.82 Å². The summed E-state index contributed by atoms with van der Waals surface area (Å²) in [6.45, 7) is 8.19. The minimum absolute atomic E-state index is 0.0577. The van der Waals surface area contributed by atoms with E-state index in [2.05, 4.69) is 13.2 Å². The smallest absolute Gasteiger partial charge is 0.167 e. The molecule has 0 aliphatic carbocycles. The van der Waals surface area contributed by atoms with Crippen LogP contribution >= 0.6 is 11.6 Å². The van der Waals surface area contributed by atoms with Crippen molar-refractivity contribution in [2.75, 3.05) is 23.7 Å². The Morgan fingerprint density at radius 2 is 1.88 bits per heavy atom. The predicted molar refractivity (Wildman–Crippen MR) is 68.4 cm³/mol. The van der Waals surface area contributed by atoms with Crippen molar-refractivity contribution in [3.05, 3.63) is 48.3 Å². The van der Waals surface area contributed by atoms with Crippen LogP contribution < -0.4 is 10.6 Å². The molecule has 0 heterocycles. The monoisotopic (exact) mass is 240 g/mol. The minimum atomic E-state index is -0.509. The van der Waals surface area contributed by atoms with Gasteiger partial charge in [0.25, 0.3) is 0 Å². The standard InChI is InChI=1S/C12H14ClFN2/c1-3-7-16(8-4-2)12-10(15)6-5-9(13)11(12)14/h3-6H,1-2,7-8,15H2. The lowest BCUT2D eigenvalue weighted by atomic mass is 10.2. The number of halogens is 2. The summed E-state index contributed by atoms with van der Waals surface area (Å²) in [5.41, 5.74) is 6.39. The van der Waals surface area contributed by atoms with Crippen LogP contribution in [0.15, 0.2) is 37.4 Å². The molecule has 86 valence electrons. The molecule has 1 rings (SSSR count). The van der Waals surface area contributed by atoms with E-state index < -0.39 is 5.82 Å². The maximum Gasteiger partial charge on any atom is 0.167 e. The average molecular weight is 241 g/mol. The van der Waals surface area contributed by atoms with E-state index in [1.54, 1.807) is 23.1 Å². The van der Waals surface area contributed by atoms with Gasteiger partial charge in [0, 0.05) is 13.1 Å². The lowest BCUT2D eigenvalue weighted by Crippen LogP contribution is -2.25. The van der Waals surface area contributed by atoms with Gasteiger partial charge in [-0.1, -0.05) is 23.8 Å². The Balaban J connectivity index is 3.21. The van der Waals surface area contributed by atoms with Gasteiger partial charge in [-0.15, -0.1) is 13.2 Å². The van der Waals surface area contributed by atoms with E-state index in [1.165, 1.54) is 6.07 Å². The molecular weight excluding hydrogens is 227 g/mol. The fourth-order valence-corrected chi connectivity index (χ4v) is 1.60. The molecule has 0 unspecified atom stereocenters. The van der Waals surface area contributed by atoms with E-state index in [4.69, 9.17) is 17.3 Å². The van der Waals surface area contributed by atoms with E-state index in [1.807, 2.05) is 0 Å². The summed E-state index contributed by atoms with van der Waals surface area (Å²) in [6.07, 6.45) is 3.34. The number of hydrogen-bond acceptors (Lipinski definition) is 2. The van der Waals surface area contributed by atoms with Crippen molar-refractivity contribution in [2.45, 2.75) is 0 Å². The summed E-state index contributed by atoms with van der Waals surface area (Å²) < 4.78 is 13.8. The van der Waals surface area contributed by atoms with Gasteiger partial charge >= 0.3 is 0 Å². The third-order valence-electron chi connectivity index (χ3n) is 2.12. The lowest BCUT2D eigenvalue weighted by molar-refractivity contribution is 0.624. The summed E-state index contributed by atoms with van der Waals surface area (Å²) >= 11 is 5.72. The number of benzene rings is 1. The lowest BCUT2D eigenvalue weighted by Gasteiger charge is -2.24. The number of hydrogen-bond donors (Lipinski definition) is 1. The molecule has 0 radical (unpaired) electrons. The number of anilines is 2. The SMILES string of the molecule is C=CCN(CC=C)c1c(N)ccc(Cl)c1F. The van der Waals surface area contributed by atoms with Gasteiger partial charge in [0.05, 0.1) is 16.4 Å². The highest BCUT2D eigenvalue weighted by molar-refractivity contribution is 6.31. The molecule has 4 heteroatoms. The molecule has 16 heavy (non-hydrogen) atoms. The van der Waals surface area contributed by atoms with Gasteiger partial charge in [0.1, 0.15) is 0 Å². The molecule has 0 saturated heterocycles. The fraction of sp³-hybridized carbons (Fsp3) is 0.167. The van der Waals surface area contributed by atoms with Gasteiger partial charge in [-0.25, -0.2) is 4.39 Å². The van der Waals surface area contributed by atoms with Crippen molar-refractivity contribution in [3.8, 4) is 0 Å². The Bertz CT molecular complexity index is 394. The Labute approximate surface area is 99.8 Å². The van der Waals surface area contributed by atoms with Crippen LogP contribution in [0, 0.1) is 5.82 Å². The second-order valence-corrected chi connectivity index (χ2v) is 3.69. The summed E-state index contributed by atoms with van der Waals surface area (Å²) in [5, 5.41) is 0.0577.